The molecule has 0 bridgehead atoms. The molecule has 0 spiro atoms. The van der Waals surface area contributed by atoms with E-state index in [2.05, 4.69) is 9.97 Å². The number of rotatable bonds is 8. The second kappa shape index (κ2) is 15.7. The number of fused-ring (bicyclic) bond motifs is 2. The summed E-state index contributed by atoms with van der Waals surface area (Å²) >= 11 is 0. The zero-order chi connectivity index (χ0) is 35.6. The fraction of sp³-hybridized carbons (Fsp3) is 0.0526. The maximum absolute atomic E-state index is 11.2. The molecule has 6 aromatic rings. The van der Waals surface area contributed by atoms with Crippen LogP contribution < -0.4 is 9.47 Å². The van der Waals surface area contributed by atoms with E-state index in [9.17, 15) is 29.8 Å². The average Bonchev–Trinajstić information content (AvgIpc) is 3.10. The summed E-state index contributed by atoms with van der Waals surface area (Å²) in [6.07, 6.45) is 6.65. The Balaban J connectivity index is 0.000000194. The Hall–Kier alpha value is -7.08. The minimum absolute atomic E-state index is 0.0279. The van der Waals surface area contributed by atoms with Crippen molar-refractivity contribution in [2.24, 2.45) is 0 Å². The molecule has 12 nitrogen and oxygen atoms in total. The smallest absolute Gasteiger partial charge is 0.308 e. The fourth-order valence-electron chi connectivity index (χ4n) is 4.87. The summed E-state index contributed by atoms with van der Waals surface area (Å²) in [6.45, 7) is 2.66. The van der Waals surface area contributed by atoms with Crippen molar-refractivity contribution in [3.05, 3.63) is 152 Å². The highest BCUT2D eigenvalue weighted by Gasteiger charge is 2.12. The van der Waals surface area contributed by atoms with E-state index in [4.69, 9.17) is 9.47 Å². The van der Waals surface area contributed by atoms with Crippen LogP contribution in [0.5, 0.6) is 11.5 Å². The predicted octanol–water partition coefficient (Wildman–Crippen LogP) is 8.48. The minimum atomic E-state index is -0.424. The van der Waals surface area contributed by atoms with Crippen LogP contribution in [-0.4, -0.2) is 31.8 Å². The maximum atomic E-state index is 11.2. The number of pyridine rings is 2. The predicted molar refractivity (Wildman–Crippen MR) is 190 cm³/mol. The number of carbonyl (C=O) groups excluding carboxylic acids is 2. The molecule has 6 rings (SSSR count). The van der Waals surface area contributed by atoms with Crippen molar-refractivity contribution in [2.75, 3.05) is 0 Å². The van der Waals surface area contributed by atoms with Gasteiger partial charge in [-0.3, -0.25) is 29.8 Å². The van der Waals surface area contributed by atoms with Gasteiger partial charge in [0.1, 0.15) is 11.0 Å². The molecular formula is C38H28N4O8. The molecule has 12 heteroatoms. The third-order valence-corrected chi connectivity index (χ3v) is 7.05. The average molecular weight is 669 g/mol. The summed E-state index contributed by atoms with van der Waals surface area (Å²) in [5.41, 5.74) is 3.35. The Labute approximate surface area is 285 Å². The van der Waals surface area contributed by atoms with Gasteiger partial charge in [0.05, 0.1) is 32.4 Å². The van der Waals surface area contributed by atoms with Crippen LogP contribution in [0.4, 0.5) is 11.4 Å². The zero-order valence-corrected chi connectivity index (χ0v) is 26.8. The molecule has 50 heavy (non-hydrogen) atoms. The van der Waals surface area contributed by atoms with Crippen LogP contribution in [0.15, 0.2) is 109 Å². The Bertz CT molecular complexity index is 2150. The highest BCUT2D eigenvalue weighted by Crippen LogP contribution is 2.27. The molecular weight excluding hydrogens is 640 g/mol. The van der Waals surface area contributed by atoms with Crippen LogP contribution in [0, 0.1) is 20.2 Å². The molecule has 0 atom stereocenters. The summed E-state index contributed by atoms with van der Waals surface area (Å²) in [4.78, 5) is 52.7. The lowest BCUT2D eigenvalue weighted by molar-refractivity contribution is -0.385. The molecule has 0 unspecified atom stereocenters. The van der Waals surface area contributed by atoms with Crippen LogP contribution >= 0.6 is 0 Å². The number of nitro benzene ring substituents is 2. The lowest BCUT2D eigenvalue weighted by Gasteiger charge is -2.06. The summed E-state index contributed by atoms with van der Waals surface area (Å²) in [5.74, 6) is -0.0813. The summed E-state index contributed by atoms with van der Waals surface area (Å²) < 4.78 is 10.4. The molecule has 0 aliphatic carbocycles. The molecule has 0 aliphatic heterocycles. The van der Waals surface area contributed by atoms with Crippen LogP contribution in [0.25, 0.3) is 46.1 Å². The van der Waals surface area contributed by atoms with E-state index in [0.717, 1.165) is 10.8 Å². The number of benzene rings is 4. The number of hydrogen-bond donors (Lipinski definition) is 0. The summed E-state index contributed by atoms with van der Waals surface area (Å²) in [5, 5.41) is 23.8. The summed E-state index contributed by atoms with van der Waals surface area (Å²) in [6, 6.07) is 30.9. The van der Waals surface area contributed by atoms with Crippen molar-refractivity contribution in [1.82, 2.24) is 9.97 Å². The molecule has 0 saturated carbocycles. The van der Waals surface area contributed by atoms with Gasteiger partial charge >= 0.3 is 11.9 Å². The van der Waals surface area contributed by atoms with Crippen molar-refractivity contribution < 1.29 is 28.9 Å². The van der Waals surface area contributed by atoms with Gasteiger partial charge in [0, 0.05) is 36.8 Å². The van der Waals surface area contributed by atoms with Gasteiger partial charge in [-0.15, -0.1) is 0 Å². The quantitative estimate of drug-likeness (QED) is 0.0664. The molecule has 0 amide bonds. The second-order valence-corrected chi connectivity index (χ2v) is 10.6. The first-order valence-corrected chi connectivity index (χ1v) is 15.1. The number of aromatic nitrogens is 2. The Morgan fingerprint density at radius 3 is 1.32 bits per heavy atom. The number of nitrogens with zero attached hydrogens (tertiary/aromatic N) is 4. The van der Waals surface area contributed by atoms with Gasteiger partial charge in [0.15, 0.2) is 11.5 Å². The van der Waals surface area contributed by atoms with Crippen molar-refractivity contribution in [1.29, 1.82) is 0 Å². The molecule has 4 aromatic carbocycles. The van der Waals surface area contributed by atoms with Crippen molar-refractivity contribution in [3.63, 3.8) is 0 Å². The van der Waals surface area contributed by atoms with E-state index >= 15 is 0 Å². The van der Waals surface area contributed by atoms with Gasteiger partial charge in [0.2, 0.25) is 0 Å². The topological polar surface area (TPSA) is 165 Å². The van der Waals surface area contributed by atoms with E-state index in [-0.39, 0.29) is 11.4 Å². The van der Waals surface area contributed by atoms with E-state index in [0.29, 0.717) is 45.0 Å². The minimum Gasteiger partial charge on any atom is -0.424 e. The van der Waals surface area contributed by atoms with Crippen LogP contribution in [0.2, 0.25) is 0 Å². The van der Waals surface area contributed by atoms with E-state index < -0.39 is 21.8 Å². The first-order chi connectivity index (χ1) is 24.1. The SMILES string of the molecule is CC(=O)Oc1cccc2ccc(/C=C/c3ccccc3[N+](=O)[O-])nc12.CC(=O)Oc1cccc2ccc(/C=C/c3ccccc3[N+](=O)[O-])nc12. The first kappa shape index (κ1) is 34.3. The van der Waals surface area contributed by atoms with E-state index in [1.54, 1.807) is 97.1 Å². The molecule has 2 heterocycles. The molecule has 0 radical (unpaired) electrons. The normalized spacial score (nSPS) is 10.9. The lowest BCUT2D eigenvalue weighted by Crippen LogP contribution is -2.02. The molecule has 2 aromatic heterocycles. The summed E-state index contributed by atoms with van der Waals surface area (Å²) in [7, 11) is 0. The number of esters is 2. The number of para-hydroxylation sites is 4. The zero-order valence-electron chi connectivity index (χ0n) is 26.8. The molecule has 0 fully saturated rings. The number of hydrogen-bond acceptors (Lipinski definition) is 10. The Morgan fingerprint density at radius 1 is 0.540 bits per heavy atom. The first-order valence-electron chi connectivity index (χ1n) is 15.1. The Morgan fingerprint density at radius 2 is 0.940 bits per heavy atom. The van der Waals surface area contributed by atoms with Gasteiger partial charge in [-0.05, 0) is 60.7 Å². The largest absolute Gasteiger partial charge is 0.424 e. The Kier molecular flexibility index (Phi) is 10.7. The number of nitro groups is 2. The lowest BCUT2D eigenvalue weighted by atomic mass is 10.1. The van der Waals surface area contributed by atoms with Gasteiger partial charge in [-0.1, -0.05) is 60.7 Å². The van der Waals surface area contributed by atoms with E-state index in [1.807, 2.05) is 24.3 Å². The number of carbonyl (C=O) groups is 2. The van der Waals surface area contributed by atoms with Gasteiger partial charge in [0.25, 0.3) is 11.4 Å². The van der Waals surface area contributed by atoms with E-state index in [1.165, 1.54) is 26.0 Å². The van der Waals surface area contributed by atoms with Crippen molar-refractivity contribution in [3.8, 4) is 11.5 Å². The van der Waals surface area contributed by atoms with Crippen LogP contribution in [-0.2, 0) is 9.59 Å². The van der Waals surface area contributed by atoms with Gasteiger partial charge < -0.3 is 9.47 Å². The van der Waals surface area contributed by atoms with Crippen molar-refractivity contribution >= 4 is 69.4 Å². The van der Waals surface area contributed by atoms with Crippen LogP contribution in [0.3, 0.4) is 0 Å². The van der Waals surface area contributed by atoms with Gasteiger partial charge in [-0.2, -0.15) is 0 Å². The third kappa shape index (κ3) is 8.63. The fourth-order valence-corrected chi connectivity index (χ4v) is 4.87. The van der Waals surface area contributed by atoms with Crippen LogP contribution in [0.1, 0.15) is 36.4 Å². The molecule has 0 N–H and O–H groups in total. The molecule has 0 aliphatic rings. The standard InChI is InChI=1S/2C19H14N2O4/c2*1-13(22)25-18-8-4-6-15-10-12-16(20-19(15)18)11-9-14-5-2-3-7-17(14)21(23)24/h2*2-12H,1H3/b2*11-9+. The monoisotopic (exact) mass is 668 g/mol. The number of ether oxygens (including phenoxy) is 2. The molecule has 0 saturated heterocycles. The van der Waals surface area contributed by atoms with Crippen molar-refractivity contribution in [2.45, 2.75) is 13.8 Å². The molecule has 248 valence electrons. The second-order valence-electron chi connectivity index (χ2n) is 10.6. The third-order valence-electron chi connectivity index (χ3n) is 7.05. The van der Waals surface area contributed by atoms with Gasteiger partial charge in [-0.25, -0.2) is 9.97 Å². The highest BCUT2D eigenvalue weighted by atomic mass is 16.6. The maximum Gasteiger partial charge on any atom is 0.308 e. The highest BCUT2D eigenvalue weighted by molar-refractivity contribution is 5.89.